The number of nitrogens with zero attached hydrogens (tertiary/aromatic N) is 7. The summed E-state index contributed by atoms with van der Waals surface area (Å²) < 4.78 is 30.7. The summed E-state index contributed by atoms with van der Waals surface area (Å²) in [6.45, 7) is 3.69. The first-order valence-electron chi connectivity index (χ1n) is 8.65. The predicted octanol–water partition coefficient (Wildman–Crippen LogP) is 0.820. The number of aromatic nitrogens is 5. The quantitative estimate of drug-likeness (QED) is 0.659. The van der Waals surface area contributed by atoms with Crippen molar-refractivity contribution in [3.8, 4) is 5.82 Å². The maximum Gasteiger partial charge on any atom is 0.262 e. The number of sulfonamides is 1. The van der Waals surface area contributed by atoms with E-state index < -0.39 is 10.0 Å². The smallest absolute Gasteiger partial charge is 0.262 e. The first-order valence-corrected chi connectivity index (χ1v) is 10.1. The van der Waals surface area contributed by atoms with E-state index in [4.69, 9.17) is 0 Å². The molecular formula is C17H21N7O2S. The van der Waals surface area contributed by atoms with Gasteiger partial charge in [-0.15, -0.1) is 0 Å². The number of anilines is 1. The largest absolute Gasteiger partial charge is 0.354 e. The summed E-state index contributed by atoms with van der Waals surface area (Å²) in [5.41, 5.74) is 0. The fourth-order valence-electron chi connectivity index (χ4n) is 3.08. The molecule has 3 aromatic heterocycles. The fourth-order valence-corrected chi connectivity index (χ4v) is 4.53. The van der Waals surface area contributed by atoms with Gasteiger partial charge in [0.25, 0.3) is 10.0 Å². The lowest BCUT2D eigenvalue weighted by molar-refractivity contribution is 0.382. The van der Waals surface area contributed by atoms with Crippen LogP contribution in [0.3, 0.4) is 0 Å². The molecule has 0 saturated carbocycles. The Labute approximate surface area is 158 Å². The highest BCUT2D eigenvalue weighted by atomic mass is 32.2. The second kappa shape index (κ2) is 6.78. The molecule has 0 amide bonds. The summed E-state index contributed by atoms with van der Waals surface area (Å²) in [4.78, 5) is 14.9. The zero-order chi connectivity index (χ0) is 19.0. The molecule has 0 aliphatic carbocycles. The zero-order valence-corrected chi connectivity index (χ0v) is 16.0. The van der Waals surface area contributed by atoms with Crippen LogP contribution < -0.4 is 4.90 Å². The Kier molecular flexibility index (Phi) is 4.44. The van der Waals surface area contributed by atoms with Crippen molar-refractivity contribution in [2.24, 2.45) is 7.05 Å². The molecule has 0 aromatic carbocycles. The molecule has 1 aliphatic heterocycles. The van der Waals surface area contributed by atoms with E-state index in [0.29, 0.717) is 32.0 Å². The predicted molar refractivity (Wildman–Crippen MR) is 100 cm³/mol. The van der Waals surface area contributed by atoms with Gasteiger partial charge in [-0.2, -0.15) is 4.31 Å². The molecule has 0 N–H and O–H groups in total. The van der Waals surface area contributed by atoms with Crippen LogP contribution in [0.4, 0.5) is 5.82 Å². The van der Waals surface area contributed by atoms with Crippen molar-refractivity contribution >= 4 is 15.8 Å². The van der Waals surface area contributed by atoms with Gasteiger partial charge in [-0.25, -0.2) is 23.4 Å². The Morgan fingerprint density at radius 3 is 2.30 bits per heavy atom. The molecule has 10 heteroatoms. The van der Waals surface area contributed by atoms with Gasteiger partial charge in [-0.3, -0.25) is 0 Å². The van der Waals surface area contributed by atoms with Crippen LogP contribution >= 0.6 is 0 Å². The minimum Gasteiger partial charge on any atom is -0.354 e. The molecule has 1 fully saturated rings. The summed E-state index contributed by atoms with van der Waals surface area (Å²) in [7, 11) is -1.79. The molecule has 9 nitrogen and oxygen atoms in total. The third kappa shape index (κ3) is 3.33. The number of rotatable bonds is 4. The maximum absolute atomic E-state index is 12.8. The first kappa shape index (κ1) is 17.7. The van der Waals surface area contributed by atoms with E-state index >= 15 is 0 Å². The summed E-state index contributed by atoms with van der Waals surface area (Å²) in [6.07, 6.45) is 6.94. The van der Waals surface area contributed by atoms with E-state index in [1.54, 1.807) is 24.7 Å². The van der Waals surface area contributed by atoms with E-state index in [2.05, 4.69) is 19.9 Å². The standard InChI is InChI=1S/C17H21N7O2S/c1-14-20-17(12-21(14)2)27(25,26)24-9-7-23(8-10-24)16-11-15(18-13-19-16)22-5-3-4-6-22/h3-6,11-13H,7-10H2,1-2H3. The summed E-state index contributed by atoms with van der Waals surface area (Å²) in [6, 6.07) is 5.78. The minimum absolute atomic E-state index is 0.105. The SMILES string of the molecule is Cc1nc(S(=O)(=O)N2CCN(c3cc(-n4cccc4)ncn3)CC2)cn1C. The highest BCUT2D eigenvalue weighted by molar-refractivity contribution is 7.89. The van der Waals surface area contributed by atoms with E-state index in [1.807, 2.05) is 35.2 Å². The molecule has 1 saturated heterocycles. The van der Waals surface area contributed by atoms with Crippen molar-refractivity contribution in [1.29, 1.82) is 0 Å². The number of hydrogen-bond donors (Lipinski definition) is 0. The van der Waals surface area contributed by atoms with Gasteiger partial charge in [0.15, 0.2) is 5.03 Å². The van der Waals surface area contributed by atoms with E-state index in [9.17, 15) is 8.42 Å². The highest BCUT2D eigenvalue weighted by Crippen LogP contribution is 2.20. The normalized spacial score (nSPS) is 16.0. The van der Waals surface area contributed by atoms with Gasteiger partial charge in [-0.1, -0.05) is 0 Å². The van der Waals surface area contributed by atoms with Gasteiger partial charge >= 0.3 is 0 Å². The maximum atomic E-state index is 12.8. The van der Waals surface area contributed by atoms with Gasteiger partial charge in [0.05, 0.1) is 0 Å². The fraction of sp³-hybridized carbons (Fsp3) is 0.353. The molecule has 142 valence electrons. The molecule has 0 unspecified atom stereocenters. The van der Waals surface area contributed by atoms with Crippen molar-refractivity contribution in [2.75, 3.05) is 31.1 Å². The third-order valence-corrected chi connectivity index (χ3v) is 6.53. The van der Waals surface area contributed by atoms with Crippen molar-refractivity contribution < 1.29 is 8.42 Å². The molecular weight excluding hydrogens is 366 g/mol. The lowest BCUT2D eigenvalue weighted by atomic mass is 10.3. The van der Waals surface area contributed by atoms with E-state index in [-0.39, 0.29) is 5.03 Å². The van der Waals surface area contributed by atoms with Crippen LogP contribution in [0.1, 0.15) is 5.82 Å². The Bertz CT molecular complexity index is 1020. The average Bonchev–Trinajstić information content (AvgIpc) is 3.33. The van der Waals surface area contributed by atoms with Gasteiger partial charge in [0, 0.05) is 57.9 Å². The zero-order valence-electron chi connectivity index (χ0n) is 15.2. The van der Waals surface area contributed by atoms with E-state index in [0.717, 1.165) is 11.6 Å². The van der Waals surface area contributed by atoms with Crippen LogP contribution in [-0.4, -0.2) is 63.0 Å². The van der Waals surface area contributed by atoms with Gasteiger partial charge in [0.1, 0.15) is 23.8 Å². The van der Waals surface area contributed by atoms with Crippen molar-refractivity contribution in [1.82, 2.24) is 28.4 Å². The average molecular weight is 387 g/mol. The Hall–Kier alpha value is -2.72. The highest BCUT2D eigenvalue weighted by Gasteiger charge is 2.31. The second-order valence-electron chi connectivity index (χ2n) is 6.45. The topological polar surface area (TPSA) is 89.2 Å². The second-order valence-corrected chi connectivity index (χ2v) is 8.34. The van der Waals surface area contributed by atoms with Crippen LogP contribution in [0.25, 0.3) is 5.82 Å². The van der Waals surface area contributed by atoms with E-state index in [1.165, 1.54) is 10.6 Å². The molecule has 0 spiro atoms. The lowest BCUT2D eigenvalue weighted by Gasteiger charge is -2.34. The number of hydrogen-bond acceptors (Lipinski definition) is 6. The van der Waals surface area contributed by atoms with Gasteiger partial charge < -0.3 is 14.0 Å². The Balaban J connectivity index is 1.48. The molecule has 0 radical (unpaired) electrons. The van der Waals surface area contributed by atoms with Crippen LogP contribution in [-0.2, 0) is 17.1 Å². The molecule has 27 heavy (non-hydrogen) atoms. The number of aryl methyl sites for hydroxylation is 2. The van der Waals surface area contributed by atoms with Crippen molar-refractivity contribution in [3.05, 3.63) is 48.9 Å². The van der Waals surface area contributed by atoms with Gasteiger partial charge in [-0.05, 0) is 19.1 Å². The Morgan fingerprint density at radius 2 is 1.67 bits per heavy atom. The first-order chi connectivity index (χ1) is 12.9. The molecule has 3 aromatic rings. The van der Waals surface area contributed by atoms with Crippen LogP contribution in [0.2, 0.25) is 0 Å². The number of piperazine rings is 1. The molecule has 4 heterocycles. The molecule has 4 rings (SSSR count). The lowest BCUT2D eigenvalue weighted by Crippen LogP contribution is -2.49. The van der Waals surface area contributed by atoms with Crippen LogP contribution in [0, 0.1) is 6.92 Å². The molecule has 0 bridgehead atoms. The third-order valence-electron chi connectivity index (χ3n) is 4.76. The Morgan fingerprint density at radius 1 is 1.00 bits per heavy atom. The van der Waals surface area contributed by atoms with Gasteiger partial charge in [0.2, 0.25) is 0 Å². The molecule has 0 atom stereocenters. The minimum atomic E-state index is -3.58. The van der Waals surface area contributed by atoms with Crippen molar-refractivity contribution in [3.63, 3.8) is 0 Å². The van der Waals surface area contributed by atoms with Crippen molar-refractivity contribution in [2.45, 2.75) is 11.9 Å². The summed E-state index contributed by atoms with van der Waals surface area (Å²) >= 11 is 0. The monoisotopic (exact) mass is 387 g/mol. The van der Waals surface area contributed by atoms with Crippen LogP contribution in [0.5, 0.6) is 0 Å². The summed E-state index contributed by atoms with van der Waals surface area (Å²) in [5.74, 6) is 2.24. The summed E-state index contributed by atoms with van der Waals surface area (Å²) in [5, 5.41) is 0.105. The van der Waals surface area contributed by atoms with Crippen LogP contribution in [0.15, 0.2) is 48.1 Å². The number of imidazole rings is 1. The molecule has 1 aliphatic rings.